The average Bonchev–Trinajstić information content (AvgIpc) is 3.32. The van der Waals surface area contributed by atoms with E-state index in [9.17, 15) is 9.59 Å². The van der Waals surface area contributed by atoms with Crippen LogP contribution >= 0.6 is 23.1 Å². The molecule has 0 radical (unpaired) electrons. The number of thioether (sulfide) groups is 1. The Balaban J connectivity index is 1.32. The molecule has 30 heavy (non-hydrogen) atoms. The molecule has 0 saturated heterocycles. The van der Waals surface area contributed by atoms with Crippen molar-refractivity contribution in [3.05, 3.63) is 44.8 Å². The van der Waals surface area contributed by atoms with E-state index in [4.69, 9.17) is 9.47 Å². The summed E-state index contributed by atoms with van der Waals surface area (Å²) in [7, 11) is 3.13. The highest BCUT2D eigenvalue weighted by Gasteiger charge is 2.21. The van der Waals surface area contributed by atoms with Gasteiger partial charge in [0.2, 0.25) is 5.91 Å². The van der Waals surface area contributed by atoms with Gasteiger partial charge in [0.1, 0.15) is 22.2 Å². The van der Waals surface area contributed by atoms with Crippen LogP contribution in [0.15, 0.2) is 23.0 Å². The van der Waals surface area contributed by atoms with Gasteiger partial charge in [0.05, 0.1) is 31.0 Å². The number of amides is 1. The lowest BCUT2D eigenvalue weighted by Gasteiger charge is -2.11. The molecule has 0 atom stereocenters. The summed E-state index contributed by atoms with van der Waals surface area (Å²) in [6.45, 7) is 0. The van der Waals surface area contributed by atoms with Gasteiger partial charge < -0.3 is 19.8 Å². The fourth-order valence-electron chi connectivity index (χ4n) is 3.57. The molecule has 0 unspecified atom stereocenters. The molecule has 0 saturated carbocycles. The molecule has 2 N–H and O–H groups in total. The number of aromatic amines is 1. The number of hydrogen-bond donors (Lipinski definition) is 2. The van der Waals surface area contributed by atoms with E-state index in [0.29, 0.717) is 40.9 Å². The van der Waals surface area contributed by atoms with Gasteiger partial charge in [-0.15, -0.1) is 11.3 Å². The summed E-state index contributed by atoms with van der Waals surface area (Å²) >= 11 is 3.21. The van der Waals surface area contributed by atoms with Crippen molar-refractivity contribution in [3.8, 4) is 11.5 Å². The summed E-state index contributed by atoms with van der Waals surface area (Å²) in [6.07, 6.45) is 3.48. The van der Waals surface area contributed by atoms with Crippen LogP contribution in [0.25, 0.3) is 10.2 Å². The number of benzene rings is 1. The lowest BCUT2D eigenvalue weighted by atomic mass is 10.2. The molecule has 1 amide bonds. The summed E-state index contributed by atoms with van der Waals surface area (Å²) in [6, 6.07) is 5.26. The van der Waals surface area contributed by atoms with Crippen LogP contribution in [0.2, 0.25) is 0 Å². The van der Waals surface area contributed by atoms with E-state index in [-0.39, 0.29) is 11.5 Å². The summed E-state index contributed by atoms with van der Waals surface area (Å²) in [5.74, 6) is 2.94. The Morgan fingerprint density at radius 2 is 2.17 bits per heavy atom. The number of hydrogen-bond acceptors (Lipinski definition) is 7. The predicted molar refractivity (Wildman–Crippen MR) is 121 cm³/mol. The fourth-order valence-corrected chi connectivity index (χ4v) is 5.66. The van der Waals surface area contributed by atoms with Crippen LogP contribution in [0.5, 0.6) is 11.5 Å². The molecule has 7 nitrogen and oxygen atoms in total. The van der Waals surface area contributed by atoms with Gasteiger partial charge in [-0.05, 0) is 37.0 Å². The third-order valence-corrected chi connectivity index (χ3v) is 7.17. The zero-order chi connectivity index (χ0) is 21.1. The number of carbonyl (C=O) groups is 1. The molecule has 0 spiro atoms. The van der Waals surface area contributed by atoms with Gasteiger partial charge >= 0.3 is 0 Å². The van der Waals surface area contributed by atoms with Crippen molar-refractivity contribution in [1.29, 1.82) is 0 Å². The van der Waals surface area contributed by atoms with Gasteiger partial charge in [-0.3, -0.25) is 9.59 Å². The van der Waals surface area contributed by atoms with Crippen LogP contribution in [0.3, 0.4) is 0 Å². The minimum atomic E-state index is -0.111. The molecular weight excluding hydrogens is 422 g/mol. The molecule has 1 aromatic carbocycles. The molecule has 1 aliphatic rings. The molecule has 2 aromatic heterocycles. The highest BCUT2D eigenvalue weighted by atomic mass is 32.2. The first-order valence-corrected chi connectivity index (χ1v) is 11.7. The van der Waals surface area contributed by atoms with Crippen LogP contribution in [0, 0.1) is 0 Å². The molecule has 0 fully saturated rings. The number of aryl methyl sites for hydroxylation is 2. The third kappa shape index (κ3) is 4.32. The molecule has 0 aliphatic heterocycles. The minimum absolute atomic E-state index is 0.0436. The summed E-state index contributed by atoms with van der Waals surface area (Å²) in [5, 5.41) is 3.63. The highest BCUT2D eigenvalue weighted by molar-refractivity contribution is 7.98. The lowest BCUT2D eigenvalue weighted by Crippen LogP contribution is -2.14. The molecule has 9 heteroatoms. The monoisotopic (exact) mass is 445 g/mol. The fraction of sp³-hybridized carbons (Fsp3) is 0.381. The Morgan fingerprint density at radius 3 is 2.97 bits per heavy atom. The first-order valence-electron chi connectivity index (χ1n) is 9.72. The topological polar surface area (TPSA) is 93.3 Å². The maximum Gasteiger partial charge on any atom is 0.259 e. The van der Waals surface area contributed by atoms with Gasteiger partial charge in [0, 0.05) is 23.1 Å². The average molecular weight is 446 g/mol. The standard InChI is InChI=1S/C21H23N3O4S2/c1-27-12-6-7-15(28-2)14(10-12)22-18(25)8-9-29-11-17-23-20(26)19-13-4-3-5-16(13)30-21(19)24-17/h6-7,10H,3-5,8-9,11H2,1-2H3,(H,22,25)(H,23,24,26). The number of anilines is 1. The highest BCUT2D eigenvalue weighted by Crippen LogP contribution is 2.34. The van der Waals surface area contributed by atoms with Crippen molar-refractivity contribution >= 4 is 44.9 Å². The number of thiophene rings is 1. The van der Waals surface area contributed by atoms with E-state index in [1.165, 1.54) is 10.4 Å². The number of aromatic nitrogens is 2. The molecule has 3 aromatic rings. The molecular formula is C21H23N3O4S2. The second-order valence-electron chi connectivity index (χ2n) is 6.97. The van der Waals surface area contributed by atoms with E-state index >= 15 is 0 Å². The molecule has 4 rings (SSSR count). The van der Waals surface area contributed by atoms with Crippen LogP contribution in [-0.2, 0) is 23.4 Å². The molecule has 0 bridgehead atoms. The van der Waals surface area contributed by atoms with Gasteiger partial charge in [0.15, 0.2) is 0 Å². The normalized spacial score (nSPS) is 12.7. The van der Waals surface area contributed by atoms with E-state index in [1.807, 2.05) is 0 Å². The maximum atomic E-state index is 12.5. The zero-order valence-corrected chi connectivity index (χ0v) is 18.5. The summed E-state index contributed by atoms with van der Waals surface area (Å²) in [5.41, 5.74) is 1.72. The van der Waals surface area contributed by atoms with Crippen molar-refractivity contribution in [1.82, 2.24) is 9.97 Å². The number of carbonyl (C=O) groups excluding carboxylic acids is 1. The smallest absolute Gasteiger partial charge is 0.259 e. The van der Waals surface area contributed by atoms with Crippen LogP contribution in [0.4, 0.5) is 5.69 Å². The molecule has 1 aliphatic carbocycles. The number of rotatable bonds is 8. The van der Waals surface area contributed by atoms with Crippen molar-refractivity contribution in [2.45, 2.75) is 31.4 Å². The van der Waals surface area contributed by atoms with Crippen molar-refractivity contribution in [2.24, 2.45) is 0 Å². The van der Waals surface area contributed by atoms with Gasteiger partial charge in [-0.1, -0.05) is 0 Å². The Kier molecular flexibility index (Phi) is 6.29. The zero-order valence-electron chi connectivity index (χ0n) is 16.9. The Bertz CT molecular complexity index is 1140. The predicted octanol–water partition coefficient (Wildman–Crippen LogP) is 3.75. The van der Waals surface area contributed by atoms with Crippen LogP contribution < -0.4 is 20.3 Å². The second kappa shape index (κ2) is 9.09. The molecule has 2 heterocycles. The number of ether oxygens (including phenoxy) is 2. The van der Waals surface area contributed by atoms with Gasteiger partial charge in [0.25, 0.3) is 5.56 Å². The quantitative estimate of drug-likeness (QED) is 0.513. The van der Waals surface area contributed by atoms with Crippen LogP contribution in [-0.4, -0.2) is 35.8 Å². The number of nitrogens with zero attached hydrogens (tertiary/aromatic N) is 1. The number of nitrogens with one attached hydrogen (secondary N) is 2. The third-order valence-electron chi connectivity index (χ3n) is 5.02. The summed E-state index contributed by atoms with van der Waals surface area (Å²) in [4.78, 5) is 34.5. The van der Waals surface area contributed by atoms with Crippen molar-refractivity contribution in [3.63, 3.8) is 0 Å². The van der Waals surface area contributed by atoms with Gasteiger partial charge in [-0.2, -0.15) is 11.8 Å². The Morgan fingerprint density at radius 1 is 1.30 bits per heavy atom. The SMILES string of the molecule is COc1ccc(OC)c(NC(=O)CCSCc2nc3sc4c(c3c(=O)[nH]2)CCC4)c1. The first kappa shape index (κ1) is 20.7. The van der Waals surface area contributed by atoms with E-state index in [0.717, 1.165) is 29.5 Å². The Labute approximate surface area is 182 Å². The van der Waals surface area contributed by atoms with Crippen LogP contribution in [0.1, 0.15) is 29.1 Å². The molecule has 158 valence electrons. The largest absolute Gasteiger partial charge is 0.497 e. The van der Waals surface area contributed by atoms with E-state index in [1.54, 1.807) is 55.5 Å². The summed E-state index contributed by atoms with van der Waals surface area (Å²) < 4.78 is 10.5. The number of fused-ring (bicyclic) bond motifs is 3. The van der Waals surface area contributed by atoms with Crippen molar-refractivity contribution < 1.29 is 14.3 Å². The van der Waals surface area contributed by atoms with E-state index in [2.05, 4.69) is 15.3 Å². The van der Waals surface area contributed by atoms with E-state index < -0.39 is 0 Å². The first-order chi connectivity index (χ1) is 14.6. The Hall–Kier alpha value is -2.52. The lowest BCUT2D eigenvalue weighted by molar-refractivity contribution is -0.115. The number of H-pyrrole nitrogens is 1. The van der Waals surface area contributed by atoms with Gasteiger partial charge in [-0.25, -0.2) is 4.98 Å². The number of methoxy groups -OCH3 is 2. The second-order valence-corrected chi connectivity index (χ2v) is 9.16. The van der Waals surface area contributed by atoms with Crippen molar-refractivity contribution in [2.75, 3.05) is 25.3 Å². The minimum Gasteiger partial charge on any atom is -0.497 e. The maximum absolute atomic E-state index is 12.5.